The Bertz CT molecular complexity index is 1710. The van der Waals surface area contributed by atoms with Crippen molar-refractivity contribution in [3.8, 4) is 10.8 Å². The van der Waals surface area contributed by atoms with Gasteiger partial charge < -0.3 is 19.9 Å². The number of methoxy groups -OCH3 is 1. The van der Waals surface area contributed by atoms with Gasteiger partial charge in [-0.2, -0.15) is 10.2 Å². The van der Waals surface area contributed by atoms with Crippen molar-refractivity contribution in [2.24, 2.45) is 0 Å². The van der Waals surface area contributed by atoms with Crippen molar-refractivity contribution in [3.05, 3.63) is 68.4 Å². The number of thiophene rings is 1. The number of amides is 1. The number of nitrogens with zero attached hydrogens (tertiary/aromatic N) is 5. The van der Waals surface area contributed by atoms with Crippen LogP contribution in [-0.2, 0) is 16.1 Å². The highest BCUT2D eigenvalue weighted by Crippen LogP contribution is 2.37. The zero-order valence-corrected chi connectivity index (χ0v) is 22.6. The average molecular weight is 571 g/mol. The summed E-state index contributed by atoms with van der Waals surface area (Å²) < 4.78 is 28.7. The molecule has 1 aromatic carbocycles. The lowest BCUT2D eigenvalue weighted by Gasteiger charge is -2.35. The fourth-order valence-electron chi connectivity index (χ4n) is 5.35. The zero-order chi connectivity index (χ0) is 28.1. The van der Waals surface area contributed by atoms with Gasteiger partial charge in [0.1, 0.15) is 33.5 Å². The maximum absolute atomic E-state index is 14.5. The van der Waals surface area contributed by atoms with Crippen LogP contribution in [0.15, 0.2) is 40.2 Å². The molecule has 6 rings (SSSR count). The number of carbonyl (C=O) groups excluding carboxylic acids is 1. The lowest BCUT2D eigenvalue weighted by Crippen LogP contribution is -2.45. The molecular formula is C26H27FN6O6S. The highest BCUT2D eigenvalue weighted by molar-refractivity contribution is 7.21. The van der Waals surface area contributed by atoms with E-state index >= 15 is 0 Å². The van der Waals surface area contributed by atoms with Gasteiger partial charge in [0, 0.05) is 17.7 Å². The second-order valence-electron chi connectivity index (χ2n) is 9.95. The smallest absolute Gasteiger partial charge is 0.332 e. The van der Waals surface area contributed by atoms with Gasteiger partial charge in [0.25, 0.3) is 5.56 Å². The quantitative estimate of drug-likeness (QED) is 0.325. The second kappa shape index (κ2) is 10.3. The van der Waals surface area contributed by atoms with Gasteiger partial charge in [-0.15, -0.1) is 4.80 Å². The van der Waals surface area contributed by atoms with Gasteiger partial charge in [-0.1, -0.05) is 11.3 Å². The first kappa shape index (κ1) is 26.3. The molecule has 1 unspecified atom stereocenters. The van der Waals surface area contributed by atoms with Gasteiger partial charge in [-0.05, 0) is 44.4 Å². The van der Waals surface area contributed by atoms with Gasteiger partial charge >= 0.3 is 5.69 Å². The molecule has 0 bridgehead atoms. The second-order valence-corrected chi connectivity index (χ2v) is 10.9. The van der Waals surface area contributed by atoms with Crippen LogP contribution in [0.25, 0.3) is 15.2 Å². The number of hydrogen-bond acceptors (Lipinski definition) is 9. The number of ether oxygens (including phenoxy) is 2. The maximum Gasteiger partial charge on any atom is 0.332 e. The Morgan fingerprint density at radius 2 is 1.98 bits per heavy atom. The molecule has 1 aliphatic carbocycles. The zero-order valence-electron chi connectivity index (χ0n) is 21.7. The molecule has 2 fully saturated rings. The number of nitrogens with one attached hydrogen (secondary N) is 1. The highest BCUT2D eigenvalue weighted by Gasteiger charge is 2.35. The molecule has 3 aromatic heterocycles. The number of aryl methyl sites for hydroxylation is 1. The van der Waals surface area contributed by atoms with Crippen LogP contribution in [0.3, 0.4) is 0 Å². The minimum absolute atomic E-state index is 0.109. The van der Waals surface area contributed by atoms with E-state index in [4.69, 9.17) is 9.47 Å². The van der Waals surface area contributed by atoms with Crippen LogP contribution >= 0.6 is 11.3 Å². The fourth-order valence-corrected chi connectivity index (χ4v) is 6.57. The van der Waals surface area contributed by atoms with Crippen LogP contribution in [0.4, 0.5) is 4.39 Å². The molecule has 4 heterocycles. The first-order valence-electron chi connectivity index (χ1n) is 12.9. The van der Waals surface area contributed by atoms with E-state index in [1.54, 1.807) is 6.92 Å². The molecule has 12 nitrogen and oxygen atoms in total. The number of carbonyl (C=O) groups is 1. The fraction of sp³-hybridized carbons (Fsp3) is 0.423. The van der Waals surface area contributed by atoms with Gasteiger partial charge in [-0.3, -0.25) is 14.2 Å². The van der Waals surface area contributed by atoms with Crippen LogP contribution in [0.5, 0.6) is 5.75 Å². The van der Waals surface area contributed by atoms with Crippen molar-refractivity contribution in [2.45, 2.75) is 57.1 Å². The van der Waals surface area contributed by atoms with Crippen molar-refractivity contribution >= 4 is 27.5 Å². The summed E-state index contributed by atoms with van der Waals surface area (Å²) in [7, 11) is 1.45. The summed E-state index contributed by atoms with van der Waals surface area (Å²) in [6.07, 6.45) is 2.40. The number of fused-ring (bicyclic) bond motifs is 1. The molecule has 0 radical (unpaired) electrons. The first-order chi connectivity index (χ1) is 19.3. The van der Waals surface area contributed by atoms with E-state index in [0.717, 1.165) is 15.9 Å². The number of hydrogen-bond donors (Lipinski definition) is 2. The van der Waals surface area contributed by atoms with Gasteiger partial charge in [0.15, 0.2) is 0 Å². The summed E-state index contributed by atoms with van der Waals surface area (Å²) in [5.74, 6) is -0.556. The number of benzene rings is 1. The van der Waals surface area contributed by atoms with Crippen molar-refractivity contribution in [1.29, 1.82) is 0 Å². The minimum Gasteiger partial charge on any atom is -0.496 e. The Kier molecular flexibility index (Phi) is 6.76. The van der Waals surface area contributed by atoms with E-state index in [1.807, 2.05) is 0 Å². The lowest BCUT2D eigenvalue weighted by atomic mass is 9.92. The van der Waals surface area contributed by atoms with Crippen molar-refractivity contribution in [3.63, 3.8) is 0 Å². The number of aliphatic hydroxyl groups is 1. The molecule has 2 aliphatic rings. The van der Waals surface area contributed by atoms with Crippen LogP contribution in [-0.4, -0.2) is 61.0 Å². The predicted molar refractivity (Wildman–Crippen MR) is 142 cm³/mol. The molecule has 1 saturated carbocycles. The molecule has 4 aromatic rings. The van der Waals surface area contributed by atoms with Gasteiger partial charge in [0.2, 0.25) is 5.91 Å². The molecule has 210 valence electrons. The summed E-state index contributed by atoms with van der Waals surface area (Å²) in [6, 6.07) is 3.07. The Morgan fingerprint density at radius 3 is 2.62 bits per heavy atom. The lowest BCUT2D eigenvalue weighted by molar-refractivity contribution is -0.122. The van der Waals surface area contributed by atoms with E-state index in [9.17, 15) is 23.9 Å². The summed E-state index contributed by atoms with van der Waals surface area (Å²) in [4.78, 5) is 42.2. The number of aromatic nitrogens is 5. The third kappa shape index (κ3) is 4.41. The molecule has 40 heavy (non-hydrogen) atoms. The summed E-state index contributed by atoms with van der Waals surface area (Å²) in [5, 5.41) is 21.7. The van der Waals surface area contributed by atoms with Crippen LogP contribution in [0, 0.1) is 12.7 Å². The Hall–Kier alpha value is -3.88. The third-order valence-electron chi connectivity index (χ3n) is 7.46. The number of rotatable bonds is 8. The molecular weight excluding hydrogens is 543 g/mol. The van der Waals surface area contributed by atoms with E-state index in [2.05, 4.69) is 15.5 Å². The molecule has 1 saturated heterocycles. The van der Waals surface area contributed by atoms with Crippen LogP contribution < -0.4 is 21.3 Å². The predicted octanol–water partition coefficient (Wildman–Crippen LogP) is 1.60. The molecule has 0 spiro atoms. The normalized spacial score (nSPS) is 21.4. The largest absolute Gasteiger partial charge is 0.496 e. The molecule has 1 amide bonds. The number of aliphatic hydroxyl groups excluding tert-OH is 1. The van der Waals surface area contributed by atoms with Gasteiger partial charge in [0.05, 0.1) is 43.6 Å². The Morgan fingerprint density at radius 1 is 1.23 bits per heavy atom. The number of halogens is 1. The van der Waals surface area contributed by atoms with Gasteiger partial charge in [-0.25, -0.2) is 13.8 Å². The SMILES string of the molecule is COc1ccc(F)cc1C(Cn1c(=O)n([C@@H]2CCNC2=O)c(=O)c2c(C)c(-n3nccn3)sc21)OC1CC(O)C1. The first-order valence-corrected chi connectivity index (χ1v) is 13.7. The van der Waals surface area contributed by atoms with Crippen molar-refractivity contribution in [2.75, 3.05) is 13.7 Å². The molecule has 2 atom stereocenters. The van der Waals surface area contributed by atoms with Crippen molar-refractivity contribution in [1.82, 2.24) is 29.4 Å². The molecule has 14 heteroatoms. The monoisotopic (exact) mass is 570 g/mol. The summed E-state index contributed by atoms with van der Waals surface area (Å²) in [6.45, 7) is 1.98. The highest BCUT2D eigenvalue weighted by atomic mass is 32.1. The molecule has 2 N–H and O–H groups in total. The van der Waals surface area contributed by atoms with Crippen molar-refractivity contribution < 1.29 is 23.8 Å². The van der Waals surface area contributed by atoms with Crippen LogP contribution in [0.1, 0.15) is 42.5 Å². The maximum atomic E-state index is 14.5. The summed E-state index contributed by atoms with van der Waals surface area (Å²) >= 11 is 1.16. The topological polar surface area (TPSA) is 142 Å². The Balaban J connectivity index is 1.57. The Labute approximate surface area is 230 Å². The summed E-state index contributed by atoms with van der Waals surface area (Å²) in [5.41, 5.74) is -0.320. The van der Waals surface area contributed by atoms with E-state index in [0.29, 0.717) is 46.1 Å². The van der Waals surface area contributed by atoms with E-state index in [1.165, 1.54) is 47.1 Å². The molecule has 1 aliphatic heterocycles. The minimum atomic E-state index is -0.967. The van der Waals surface area contributed by atoms with Crippen LogP contribution in [0.2, 0.25) is 0 Å². The van der Waals surface area contributed by atoms with E-state index in [-0.39, 0.29) is 24.5 Å². The standard InChI is InChI=1S/C26H27FN6O6S/c1-13-21-23(36)32(18-5-6-28-22(18)35)26(37)31(25(21)40-24(13)33-29-7-8-30-33)12-20(39-16-10-15(34)11-16)17-9-14(27)3-4-19(17)38-2/h3-4,7-9,15-16,18,20,34H,5-6,10-12H2,1-2H3,(H,28,35)/t15?,16?,18-,20?/m1/s1. The van der Waals surface area contributed by atoms with E-state index < -0.39 is 41.2 Å². The average Bonchev–Trinajstić information content (AvgIpc) is 3.66. The third-order valence-corrected chi connectivity index (χ3v) is 8.74.